The molecule has 1 aliphatic heterocycles. The first-order chi connectivity index (χ1) is 13.9. The van der Waals surface area contributed by atoms with Gasteiger partial charge < -0.3 is 19.9 Å². The molecule has 8 nitrogen and oxygen atoms in total. The van der Waals surface area contributed by atoms with Crippen LogP contribution in [0.3, 0.4) is 0 Å². The Morgan fingerprint density at radius 1 is 1.28 bits per heavy atom. The van der Waals surface area contributed by atoms with Crippen molar-refractivity contribution in [2.45, 2.75) is 19.4 Å². The Balaban J connectivity index is 1.60. The van der Waals surface area contributed by atoms with Crippen LogP contribution in [0, 0.1) is 5.82 Å². The molecule has 0 spiro atoms. The molecule has 0 aliphatic carbocycles. The minimum atomic E-state index is -0.470. The van der Waals surface area contributed by atoms with Gasteiger partial charge in [-0.2, -0.15) is 15.0 Å². The molecule has 0 atom stereocenters. The molecule has 10 heteroatoms. The van der Waals surface area contributed by atoms with E-state index in [1.165, 1.54) is 12.1 Å². The van der Waals surface area contributed by atoms with Gasteiger partial charge in [0.2, 0.25) is 17.8 Å². The molecule has 0 bridgehead atoms. The van der Waals surface area contributed by atoms with Gasteiger partial charge in [-0.1, -0.05) is 17.7 Å². The van der Waals surface area contributed by atoms with Gasteiger partial charge in [0.05, 0.1) is 24.8 Å². The minimum Gasteiger partial charge on any atom is -0.378 e. The van der Waals surface area contributed by atoms with Crippen LogP contribution in [-0.4, -0.2) is 61.3 Å². The van der Waals surface area contributed by atoms with Crippen LogP contribution in [0.1, 0.15) is 17.8 Å². The Hall–Kier alpha value is -2.52. The van der Waals surface area contributed by atoms with Gasteiger partial charge in [0, 0.05) is 33.6 Å². The fraction of sp³-hybridized carbons (Fsp3) is 0.474. The van der Waals surface area contributed by atoms with Crippen LogP contribution in [0.15, 0.2) is 18.2 Å². The Bertz CT molecular complexity index is 861. The van der Waals surface area contributed by atoms with Gasteiger partial charge in [0.1, 0.15) is 5.82 Å². The Morgan fingerprint density at radius 2 is 2.03 bits per heavy atom. The number of aryl methyl sites for hydroxylation is 1. The van der Waals surface area contributed by atoms with Crippen LogP contribution in [0.25, 0.3) is 0 Å². The highest BCUT2D eigenvalue weighted by Crippen LogP contribution is 2.17. The number of halogens is 2. The molecule has 1 aromatic carbocycles. The third-order valence-electron chi connectivity index (χ3n) is 4.42. The third-order valence-corrected chi connectivity index (χ3v) is 4.71. The number of aromatic nitrogens is 3. The molecule has 1 aromatic heterocycles. The zero-order chi connectivity index (χ0) is 20.8. The van der Waals surface area contributed by atoms with Gasteiger partial charge in [-0.05, 0) is 24.1 Å². The number of nitrogens with one attached hydrogen (secondary N) is 1. The van der Waals surface area contributed by atoms with E-state index in [0.29, 0.717) is 50.4 Å². The van der Waals surface area contributed by atoms with Gasteiger partial charge >= 0.3 is 0 Å². The van der Waals surface area contributed by atoms with Gasteiger partial charge in [-0.25, -0.2) is 4.39 Å². The standard InChI is InChI=1S/C19H24ClFN6O2/c1-26(2)18-23-16(24-19(25-18)27-7-9-29-10-8-27)12-22-17(28)6-4-13-3-5-15(21)14(20)11-13/h3,5,11H,4,6-10,12H2,1-2H3,(H,22,28). The predicted molar refractivity (Wildman–Crippen MR) is 109 cm³/mol. The van der Waals surface area contributed by atoms with Crippen molar-refractivity contribution in [3.8, 4) is 0 Å². The van der Waals surface area contributed by atoms with E-state index >= 15 is 0 Å². The molecule has 0 saturated carbocycles. The normalized spacial score (nSPS) is 14.0. The summed E-state index contributed by atoms with van der Waals surface area (Å²) in [6.07, 6.45) is 0.717. The molecule has 1 fully saturated rings. The SMILES string of the molecule is CN(C)c1nc(CNC(=O)CCc2ccc(F)c(Cl)c2)nc(N2CCOCC2)n1. The van der Waals surface area contributed by atoms with E-state index in [9.17, 15) is 9.18 Å². The Labute approximate surface area is 174 Å². The highest BCUT2D eigenvalue weighted by Gasteiger charge is 2.17. The fourth-order valence-corrected chi connectivity index (χ4v) is 3.00. The molecular formula is C19H24ClFN6O2. The van der Waals surface area contributed by atoms with Gasteiger partial charge in [-0.3, -0.25) is 4.79 Å². The maximum absolute atomic E-state index is 13.2. The highest BCUT2D eigenvalue weighted by molar-refractivity contribution is 6.30. The summed E-state index contributed by atoms with van der Waals surface area (Å²) in [5.74, 6) is 0.986. The largest absolute Gasteiger partial charge is 0.378 e. The number of ether oxygens (including phenoxy) is 1. The second kappa shape index (κ2) is 9.80. The maximum atomic E-state index is 13.2. The molecule has 2 aromatic rings. The van der Waals surface area contributed by atoms with Crippen LogP contribution in [-0.2, 0) is 22.5 Å². The van der Waals surface area contributed by atoms with E-state index in [-0.39, 0.29) is 23.9 Å². The Kier molecular flexibility index (Phi) is 7.16. The third kappa shape index (κ3) is 5.98. The van der Waals surface area contributed by atoms with E-state index in [2.05, 4.69) is 20.3 Å². The molecule has 156 valence electrons. The zero-order valence-electron chi connectivity index (χ0n) is 16.5. The monoisotopic (exact) mass is 422 g/mol. The van der Waals surface area contributed by atoms with Crippen molar-refractivity contribution in [1.29, 1.82) is 0 Å². The van der Waals surface area contributed by atoms with E-state index in [1.54, 1.807) is 11.0 Å². The van der Waals surface area contributed by atoms with Crippen molar-refractivity contribution in [2.75, 3.05) is 50.2 Å². The maximum Gasteiger partial charge on any atom is 0.230 e. The summed E-state index contributed by atoms with van der Waals surface area (Å²) in [4.78, 5) is 29.5. The summed E-state index contributed by atoms with van der Waals surface area (Å²) in [6.45, 7) is 2.88. The van der Waals surface area contributed by atoms with Crippen LogP contribution >= 0.6 is 11.6 Å². The van der Waals surface area contributed by atoms with E-state index < -0.39 is 5.82 Å². The van der Waals surface area contributed by atoms with Crippen LogP contribution in [0.5, 0.6) is 0 Å². The molecule has 0 unspecified atom stereocenters. The summed E-state index contributed by atoms with van der Waals surface area (Å²) in [5, 5.41) is 2.89. The molecule has 1 saturated heterocycles. The van der Waals surface area contributed by atoms with E-state index in [4.69, 9.17) is 16.3 Å². The number of morpholine rings is 1. The summed E-state index contributed by atoms with van der Waals surface area (Å²) < 4.78 is 18.6. The van der Waals surface area contributed by atoms with Crippen molar-refractivity contribution < 1.29 is 13.9 Å². The Morgan fingerprint density at radius 3 is 2.72 bits per heavy atom. The molecule has 1 N–H and O–H groups in total. The van der Waals surface area contributed by atoms with Gasteiger partial charge in [0.15, 0.2) is 5.82 Å². The number of benzene rings is 1. The topological polar surface area (TPSA) is 83.5 Å². The van der Waals surface area contributed by atoms with E-state index in [1.807, 2.05) is 19.0 Å². The molecule has 3 rings (SSSR count). The van der Waals surface area contributed by atoms with Gasteiger partial charge in [0.25, 0.3) is 0 Å². The quantitative estimate of drug-likeness (QED) is 0.728. The molecule has 1 amide bonds. The van der Waals surface area contributed by atoms with Crippen LogP contribution in [0.4, 0.5) is 16.3 Å². The lowest BCUT2D eigenvalue weighted by Crippen LogP contribution is -2.38. The lowest BCUT2D eigenvalue weighted by Gasteiger charge is -2.27. The first-order valence-corrected chi connectivity index (χ1v) is 9.76. The summed E-state index contributed by atoms with van der Waals surface area (Å²) in [7, 11) is 3.71. The average molecular weight is 423 g/mol. The van der Waals surface area contributed by atoms with Crippen molar-refractivity contribution in [1.82, 2.24) is 20.3 Å². The van der Waals surface area contributed by atoms with Crippen molar-refractivity contribution in [3.05, 3.63) is 40.4 Å². The number of amides is 1. The zero-order valence-corrected chi connectivity index (χ0v) is 17.2. The average Bonchev–Trinajstić information content (AvgIpc) is 2.73. The predicted octanol–water partition coefficient (Wildman–Crippen LogP) is 1.82. The molecule has 0 radical (unpaired) electrons. The van der Waals surface area contributed by atoms with Crippen molar-refractivity contribution >= 4 is 29.4 Å². The molecule has 29 heavy (non-hydrogen) atoms. The molecular weight excluding hydrogens is 399 g/mol. The molecule has 1 aliphatic rings. The number of hydrogen-bond acceptors (Lipinski definition) is 7. The lowest BCUT2D eigenvalue weighted by atomic mass is 10.1. The van der Waals surface area contributed by atoms with Crippen LogP contribution < -0.4 is 15.1 Å². The lowest BCUT2D eigenvalue weighted by molar-refractivity contribution is -0.121. The summed E-state index contributed by atoms with van der Waals surface area (Å²) in [5.41, 5.74) is 0.802. The minimum absolute atomic E-state index is 0.0555. The number of nitrogens with zero attached hydrogens (tertiary/aromatic N) is 5. The second-order valence-corrected chi connectivity index (χ2v) is 7.28. The number of carbonyl (C=O) groups excluding carboxylic acids is 1. The second-order valence-electron chi connectivity index (χ2n) is 6.87. The number of anilines is 2. The van der Waals surface area contributed by atoms with Crippen molar-refractivity contribution in [2.24, 2.45) is 0 Å². The first kappa shape index (κ1) is 21.2. The van der Waals surface area contributed by atoms with E-state index in [0.717, 1.165) is 5.56 Å². The van der Waals surface area contributed by atoms with Crippen LogP contribution in [0.2, 0.25) is 5.02 Å². The highest BCUT2D eigenvalue weighted by atomic mass is 35.5. The summed E-state index contributed by atoms with van der Waals surface area (Å²) >= 11 is 5.78. The smallest absolute Gasteiger partial charge is 0.230 e. The molecule has 2 heterocycles. The number of hydrogen-bond donors (Lipinski definition) is 1. The fourth-order valence-electron chi connectivity index (χ4n) is 2.80. The number of rotatable bonds is 7. The number of carbonyl (C=O) groups is 1. The summed E-state index contributed by atoms with van der Waals surface area (Å²) in [6, 6.07) is 4.46. The first-order valence-electron chi connectivity index (χ1n) is 9.38. The van der Waals surface area contributed by atoms with Crippen molar-refractivity contribution in [3.63, 3.8) is 0 Å². The van der Waals surface area contributed by atoms with Gasteiger partial charge in [-0.15, -0.1) is 0 Å².